The highest BCUT2D eigenvalue weighted by molar-refractivity contribution is 9.12. The summed E-state index contributed by atoms with van der Waals surface area (Å²) < 4.78 is 1.76. The Hall–Kier alpha value is -0.200. The van der Waals surface area contributed by atoms with Crippen molar-refractivity contribution in [3.05, 3.63) is 19.2 Å². The van der Waals surface area contributed by atoms with Crippen molar-refractivity contribution in [3.8, 4) is 0 Å². The minimum absolute atomic E-state index is 0.00169. The van der Waals surface area contributed by atoms with Gasteiger partial charge in [0.2, 0.25) is 0 Å². The number of piperidine rings is 1. The van der Waals surface area contributed by atoms with E-state index in [0.29, 0.717) is 25.1 Å². The lowest BCUT2D eigenvalue weighted by Gasteiger charge is -2.29. The zero-order valence-corrected chi connectivity index (χ0v) is 13.2. The number of likely N-dealkylation sites (tertiary alicyclic amines) is 1. The van der Waals surface area contributed by atoms with Gasteiger partial charge in [0, 0.05) is 25.4 Å². The van der Waals surface area contributed by atoms with Crippen LogP contribution in [0.15, 0.2) is 13.6 Å². The number of nitrogens with zero attached hydrogens (tertiary/aromatic N) is 1. The molecule has 1 amide bonds. The Morgan fingerprint density at radius 1 is 1.53 bits per heavy atom. The largest absolute Gasteiger partial charge is 0.337 e. The van der Waals surface area contributed by atoms with Crippen LogP contribution in [0.3, 0.4) is 0 Å². The first-order valence-corrected chi connectivity index (χ1v) is 7.66. The van der Waals surface area contributed by atoms with E-state index in [2.05, 4.69) is 31.9 Å². The third-order valence-corrected chi connectivity index (χ3v) is 5.19. The predicted octanol–water partition coefficient (Wildman–Crippen LogP) is 3.32. The molecule has 3 nitrogen and oxygen atoms in total. The van der Waals surface area contributed by atoms with Crippen molar-refractivity contribution >= 4 is 54.9 Å². The molecule has 17 heavy (non-hydrogen) atoms. The van der Waals surface area contributed by atoms with Crippen LogP contribution >= 0.6 is 43.2 Å². The molecule has 0 aliphatic carbocycles. The molecule has 0 spiro atoms. The monoisotopic (exact) mass is 379 g/mol. The van der Waals surface area contributed by atoms with E-state index >= 15 is 0 Å². The van der Waals surface area contributed by atoms with E-state index < -0.39 is 0 Å². The molecule has 1 aliphatic heterocycles. The Labute approximate surface area is 120 Å². The van der Waals surface area contributed by atoms with Crippen molar-refractivity contribution in [2.45, 2.75) is 13.3 Å². The molecule has 0 saturated carbocycles. The van der Waals surface area contributed by atoms with Crippen LogP contribution in [0.5, 0.6) is 0 Å². The van der Waals surface area contributed by atoms with Gasteiger partial charge in [-0.1, -0.05) is 6.92 Å². The molecular weight excluding hydrogens is 370 g/mol. The summed E-state index contributed by atoms with van der Waals surface area (Å²) >= 11 is 8.23. The summed E-state index contributed by atoms with van der Waals surface area (Å²) in [5.41, 5.74) is 0.670. The molecule has 0 radical (unpaired) electrons. The van der Waals surface area contributed by atoms with Crippen LogP contribution in [0, 0.1) is 5.92 Å². The molecule has 0 N–H and O–H groups in total. The topological polar surface area (TPSA) is 37.4 Å². The Morgan fingerprint density at radius 3 is 2.76 bits per heavy atom. The van der Waals surface area contributed by atoms with Crippen LogP contribution in [0.1, 0.15) is 23.7 Å². The summed E-state index contributed by atoms with van der Waals surface area (Å²) in [7, 11) is 0. The van der Waals surface area contributed by atoms with Crippen molar-refractivity contribution in [2.75, 3.05) is 13.1 Å². The molecule has 0 aromatic carbocycles. The molecule has 1 saturated heterocycles. The summed E-state index contributed by atoms with van der Waals surface area (Å²) in [6.45, 7) is 2.93. The average Bonchev–Trinajstić information content (AvgIpc) is 2.61. The number of Topliss-reactive ketones (excluding diaryl/α,β-unsaturated/α-hetero) is 1. The van der Waals surface area contributed by atoms with Crippen LogP contribution in [0.2, 0.25) is 0 Å². The molecular formula is C11H11Br2NO2S. The third kappa shape index (κ3) is 2.80. The number of hydrogen-bond acceptors (Lipinski definition) is 3. The zero-order valence-electron chi connectivity index (χ0n) is 9.20. The fourth-order valence-electron chi connectivity index (χ4n) is 1.86. The number of hydrogen-bond donors (Lipinski definition) is 0. The third-order valence-electron chi connectivity index (χ3n) is 2.85. The second kappa shape index (κ2) is 5.20. The van der Waals surface area contributed by atoms with Crippen molar-refractivity contribution < 1.29 is 9.59 Å². The summed E-state index contributed by atoms with van der Waals surface area (Å²) in [4.78, 5) is 25.4. The first-order valence-electron chi connectivity index (χ1n) is 5.26. The number of carbonyl (C=O) groups is 2. The predicted molar refractivity (Wildman–Crippen MR) is 74.4 cm³/mol. The van der Waals surface area contributed by atoms with Crippen molar-refractivity contribution in [2.24, 2.45) is 5.92 Å². The highest BCUT2D eigenvalue weighted by atomic mass is 79.9. The summed E-state index contributed by atoms with van der Waals surface area (Å²) in [5, 5.41) is 0. The summed E-state index contributed by atoms with van der Waals surface area (Å²) in [5.74, 6) is 0.200. The van der Waals surface area contributed by atoms with E-state index in [-0.39, 0.29) is 17.6 Å². The molecule has 2 heterocycles. The second-order valence-electron chi connectivity index (χ2n) is 4.11. The van der Waals surface area contributed by atoms with Gasteiger partial charge in [-0.2, -0.15) is 0 Å². The first-order chi connectivity index (χ1) is 7.99. The lowest BCUT2D eigenvalue weighted by atomic mass is 9.98. The molecule has 1 aliphatic rings. The SMILES string of the molecule is CC1CN(C(=O)c2cc(Br)sc2Br)CCC1=O. The van der Waals surface area contributed by atoms with Crippen LogP contribution in [0.4, 0.5) is 0 Å². The van der Waals surface area contributed by atoms with Crippen molar-refractivity contribution in [1.82, 2.24) is 4.90 Å². The van der Waals surface area contributed by atoms with Crippen LogP contribution in [0.25, 0.3) is 0 Å². The van der Waals surface area contributed by atoms with E-state index in [9.17, 15) is 9.59 Å². The molecule has 1 fully saturated rings. The standard InChI is InChI=1S/C11H11Br2NO2S/c1-6-5-14(3-2-8(6)15)11(16)7-4-9(12)17-10(7)13/h4,6H,2-3,5H2,1H3. The fraction of sp³-hybridized carbons (Fsp3) is 0.455. The molecule has 92 valence electrons. The highest BCUT2D eigenvalue weighted by Gasteiger charge is 2.28. The van der Waals surface area contributed by atoms with Gasteiger partial charge < -0.3 is 4.90 Å². The Kier molecular flexibility index (Phi) is 4.05. The lowest BCUT2D eigenvalue weighted by Crippen LogP contribution is -2.43. The van der Waals surface area contributed by atoms with Gasteiger partial charge in [-0.15, -0.1) is 11.3 Å². The van der Waals surface area contributed by atoms with Crippen molar-refractivity contribution in [1.29, 1.82) is 0 Å². The number of rotatable bonds is 1. The van der Waals surface area contributed by atoms with Gasteiger partial charge in [-0.25, -0.2) is 0 Å². The molecule has 6 heteroatoms. The van der Waals surface area contributed by atoms with Gasteiger partial charge in [0.05, 0.1) is 13.1 Å². The van der Waals surface area contributed by atoms with Gasteiger partial charge in [-0.3, -0.25) is 9.59 Å². The van der Waals surface area contributed by atoms with Gasteiger partial charge in [0.1, 0.15) is 5.78 Å². The maximum atomic E-state index is 12.3. The Balaban J connectivity index is 2.16. The van der Waals surface area contributed by atoms with Crippen LogP contribution in [-0.4, -0.2) is 29.7 Å². The lowest BCUT2D eigenvalue weighted by molar-refractivity contribution is -0.124. The smallest absolute Gasteiger partial charge is 0.255 e. The Bertz CT molecular complexity index is 472. The first kappa shape index (κ1) is 13.2. The Morgan fingerprint density at radius 2 is 2.24 bits per heavy atom. The number of halogens is 2. The molecule has 0 bridgehead atoms. The normalized spacial score (nSPS) is 20.8. The van der Waals surface area contributed by atoms with E-state index in [4.69, 9.17) is 0 Å². The number of carbonyl (C=O) groups excluding carboxylic acids is 2. The maximum absolute atomic E-state index is 12.3. The van der Waals surface area contributed by atoms with E-state index in [1.54, 1.807) is 4.90 Å². The number of ketones is 1. The number of thiophene rings is 1. The average molecular weight is 381 g/mol. The highest BCUT2D eigenvalue weighted by Crippen LogP contribution is 2.33. The minimum Gasteiger partial charge on any atom is -0.337 e. The summed E-state index contributed by atoms with van der Waals surface area (Å²) in [6, 6.07) is 1.82. The maximum Gasteiger partial charge on any atom is 0.255 e. The fourth-order valence-corrected chi connectivity index (χ4v) is 4.63. The van der Waals surface area contributed by atoms with Gasteiger partial charge in [-0.05, 0) is 37.9 Å². The molecule has 2 rings (SSSR count). The molecule has 1 aromatic rings. The quantitative estimate of drug-likeness (QED) is 0.749. The van der Waals surface area contributed by atoms with Crippen molar-refractivity contribution in [3.63, 3.8) is 0 Å². The van der Waals surface area contributed by atoms with Gasteiger partial charge in [0.15, 0.2) is 0 Å². The second-order valence-corrected chi connectivity index (χ2v) is 7.86. The summed E-state index contributed by atoms with van der Waals surface area (Å²) in [6.07, 6.45) is 0.468. The minimum atomic E-state index is -0.0476. The van der Waals surface area contributed by atoms with E-state index in [1.165, 1.54) is 11.3 Å². The van der Waals surface area contributed by atoms with Gasteiger partial charge >= 0.3 is 0 Å². The van der Waals surface area contributed by atoms with Gasteiger partial charge in [0.25, 0.3) is 5.91 Å². The number of amides is 1. The van der Waals surface area contributed by atoms with E-state index in [1.807, 2.05) is 13.0 Å². The van der Waals surface area contributed by atoms with Crippen LogP contribution in [-0.2, 0) is 4.79 Å². The molecule has 1 aromatic heterocycles. The van der Waals surface area contributed by atoms with Crippen LogP contribution < -0.4 is 0 Å². The molecule has 1 atom stereocenters. The van der Waals surface area contributed by atoms with E-state index in [0.717, 1.165) is 7.57 Å². The molecule has 1 unspecified atom stereocenters. The zero-order chi connectivity index (χ0) is 12.6.